The molecular formula is C22H29NO5S. The molecule has 0 saturated heterocycles. The van der Waals surface area contributed by atoms with E-state index in [0.29, 0.717) is 5.75 Å². The molecule has 0 aromatic heterocycles. The SMILES string of the molecule is CCCCN(CCCC)C(=O)COc1ccc(S(=O)(=O)c2ccc(O)cc2)cc1. The number of nitrogens with zero attached hydrogens (tertiary/aromatic N) is 1. The molecule has 2 rings (SSSR count). The first kappa shape index (κ1) is 22.7. The number of carbonyl (C=O) groups is 1. The van der Waals surface area contributed by atoms with E-state index in [1.165, 1.54) is 36.4 Å². The Morgan fingerprint density at radius 2 is 1.38 bits per heavy atom. The number of carbonyl (C=O) groups excluding carboxylic acids is 1. The molecule has 2 aromatic rings. The lowest BCUT2D eigenvalue weighted by atomic mass is 10.2. The summed E-state index contributed by atoms with van der Waals surface area (Å²) in [5.74, 6) is 0.380. The molecule has 0 unspecified atom stereocenters. The van der Waals surface area contributed by atoms with Crippen molar-refractivity contribution in [1.82, 2.24) is 4.90 Å². The Bertz CT molecular complexity index is 868. The third-order valence-corrected chi connectivity index (χ3v) is 6.34. The zero-order valence-corrected chi connectivity index (χ0v) is 17.8. The molecule has 0 heterocycles. The van der Waals surface area contributed by atoms with Gasteiger partial charge in [-0.3, -0.25) is 4.79 Å². The first-order valence-electron chi connectivity index (χ1n) is 9.93. The summed E-state index contributed by atoms with van der Waals surface area (Å²) >= 11 is 0. The Morgan fingerprint density at radius 1 is 0.897 bits per heavy atom. The molecule has 29 heavy (non-hydrogen) atoms. The highest BCUT2D eigenvalue weighted by molar-refractivity contribution is 7.91. The predicted molar refractivity (Wildman–Crippen MR) is 112 cm³/mol. The minimum absolute atomic E-state index is 0.00397. The molecule has 0 radical (unpaired) electrons. The van der Waals surface area contributed by atoms with Gasteiger partial charge < -0.3 is 14.7 Å². The molecule has 0 saturated carbocycles. The minimum Gasteiger partial charge on any atom is -0.508 e. The fourth-order valence-corrected chi connectivity index (χ4v) is 4.03. The van der Waals surface area contributed by atoms with Gasteiger partial charge in [0.1, 0.15) is 11.5 Å². The molecule has 0 aliphatic rings. The number of aromatic hydroxyl groups is 1. The van der Waals surface area contributed by atoms with Gasteiger partial charge in [-0.1, -0.05) is 26.7 Å². The molecule has 0 aliphatic carbocycles. The van der Waals surface area contributed by atoms with E-state index in [-0.39, 0.29) is 28.1 Å². The molecule has 7 heteroatoms. The molecule has 0 spiro atoms. The maximum atomic E-state index is 12.6. The molecular weight excluding hydrogens is 390 g/mol. The van der Waals surface area contributed by atoms with E-state index >= 15 is 0 Å². The van der Waals surface area contributed by atoms with E-state index in [1.807, 2.05) is 4.90 Å². The van der Waals surface area contributed by atoms with Crippen LogP contribution >= 0.6 is 0 Å². The van der Waals surface area contributed by atoms with Crippen molar-refractivity contribution in [3.63, 3.8) is 0 Å². The van der Waals surface area contributed by atoms with Crippen LogP contribution in [0.4, 0.5) is 0 Å². The zero-order valence-electron chi connectivity index (χ0n) is 17.0. The first-order chi connectivity index (χ1) is 13.9. The third-order valence-electron chi connectivity index (χ3n) is 4.56. The molecule has 0 fully saturated rings. The Morgan fingerprint density at radius 3 is 1.86 bits per heavy atom. The smallest absolute Gasteiger partial charge is 0.260 e. The van der Waals surface area contributed by atoms with Crippen LogP contribution in [0.15, 0.2) is 58.3 Å². The Kier molecular flexibility index (Phi) is 8.51. The lowest BCUT2D eigenvalue weighted by Gasteiger charge is -2.22. The molecule has 6 nitrogen and oxygen atoms in total. The van der Waals surface area contributed by atoms with Gasteiger partial charge in [-0.05, 0) is 61.4 Å². The van der Waals surface area contributed by atoms with Crippen molar-refractivity contribution in [3.05, 3.63) is 48.5 Å². The fraction of sp³-hybridized carbons (Fsp3) is 0.409. The molecule has 0 aliphatic heterocycles. The largest absolute Gasteiger partial charge is 0.508 e. The van der Waals surface area contributed by atoms with Crippen LogP contribution in [0.1, 0.15) is 39.5 Å². The van der Waals surface area contributed by atoms with Gasteiger partial charge in [0.2, 0.25) is 9.84 Å². The average molecular weight is 420 g/mol. The number of phenolic OH excluding ortho intramolecular Hbond substituents is 1. The van der Waals surface area contributed by atoms with Gasteiger partial charge in [0, 0.05) is 13.1 Å². The second kappa shape index (κ2) is 10.9. The summed E-state index contributed by atoms with van der Waals surface area (Å²) in [6.07, 6.45) is 3.96. The van der Waals surface area contributed by atoms with E-state index < -0.39 is 9.84 Å². The predicted octanol–water partition coefficient (Wildman–Crippen LogP) is 4.03. The molecule has 0 bridgehead atoms. The molecule has 158 valence electrons. The Labute approximate surface area is 173 Å². The van der Waals surface area contributed by atoms with E-state index in [9.17, 15) is 18.3 Å². The van der Waals surface area contributed by atoms with Crippen molar-refractivity contribution in [2.45, 2.75) is 49.3 Å². The summed E-state index contributed by atoms with van der Waals surface area (Å²) in [6, 6.07) is 11.4. The Balaban J connectivity index is 2.01. The zero-order chi connectivity index (χ0) is 21.3. The quantitative estimate of drug-likeness (QED) is 0.594. The maximum absolute atomic E-state index is 12.6. The first-order valence-corrected chi connectivity index (χ1v) is 11.4. The van der Waals surface area contributed by atoms with Crippen LogP contribution < -0.4 is 4.74 Å². The molecule has 2 aromatic carbocycles. The van der Waals surface area contributed by atoms with Crippen LogP contribution in [0.2, 0.25) is 0 Å². The highest BCUT2D eigenvalue weighted by Gasteiger charge is 2.18. The van der Waals surface area contributed by atoms with Crippen molar-refractivity contribution in [1.29, 1.82) is 0 Å². The summed E-state index contributed by atoms with van der Waals surface area (Å²) in [4.78, 5) is 14.5. The van der Waals surface area contributed by atoms with Gasteiger partial charge in [-0.2, -0.15) is 0 Å². The summed E-state index contributed by atoms with van der Waals surface area (Å²) in [5, 5.41) is 9.33. The second-order valence-corrected chi connectivity index (χ2v) is 8.79. The lowest BCUT2D eigenvalue weighted by Crippen LogP contribution is -2.36. The van der Waals surface area contributed by atoms with Crippen LogP contribution in [0, 0.1) is 0 Å². The van der Waals surface area contributed by atoms with Crippen LogP contribution in [0.25, 0.3) is 0 Å². The number of ether oxygens (including phenoxy) is 1. The van der Waals surface area contributed by atoms with Gasteiger partial charge in [-0.25, -0.2) is 8.42 Å². The van der Waals surface area contributed by atoms with Crippen molar-refractivity contribution in [3.8, 4) is 11.5 Å². The minimum atomic E-state index is -3.68. The van der Waals surface area contributed by atoms with E-state index in [0.717, 1.165) is 38.8 Å². The third kappa shape index (κ3) is 6.49. The highest BCUT2D eigenvalue weighted by atomic mass is 32.2. The maximum Gasteiger partial charge on any atom is 0.260 e. The van der Waals surface area contributed by atoms with Crippen molar-refractivity contribution < 1.29 is 23.1 Å². The van der Waals surface area contributed by atoms with Crippen LogP contribution in [-0.4, -0.2) is 44.0 Å². The summed E-state index contributed by atoms with van der Waals surface area (Å²) in [6.45, 7) is 5.56. The number of phenols is 1. The average Bonchev–Trinajstić information content (AvgIpc) is 2.73. The summed E-state index contributed by atoms with van der Waals surface area (Å²) < 4.78 is 30.8. The van der Waals surface area contributed by atoms with Crippen LogP contribution in [0.5, 0.6) is 11.5 Å². The number of unbranched alkanes of at least 4 members (excludes halogenated alkanes) is 2. The highest BCUT2D eigenvalue weighted by Crippen LogP contribution is 2.24. The van der Waals surface area contributed by atoms with E-state index in [1.54, 1.807) is 12.1 Å². The monoisotopic (exact) mass is 419 g/mol. The Hall–Kier alpha value is -2.54. The van der Waals surface area contributed by atoms with E-state index in [2.05, 4.69) is 13.8 Å². The number of amides is 1. The number of rotatable bonds is 11. The number of benzene rings is 2. The molecule has 1 N–H and O–H groups in total. The number of hydrogen-bond donors (Lipinski definition) is 1. The summed E-state index contributed by atoms with van der Waals surface area (Å²) in [7, 11) is -3.68. The number of hydrogen-bond acceptors (Lipinski definition) is 5. The summed E-state index contributed by atoms with van der Waals surface area (Å²) in [5.41, 5.74) is 0. The second-order valence-electron chi connectivity index (χ2n) is 6.85. The van der Waals surface area contributed by atoms with Crippen molar-refractivity contribution in [2.24, 2.45) is 0 Å². The van der Waals surface area contributed by atoms with Gasteiger partial charge in [-0.15, -0.1) is 0 Å². The van der Waals surface area contributed by atoms with Gasteiger partial charge in [0.25, 0.3) is 5.91 Å². The molecule has 1 amide bonds. The lowest BCUT2D eigenvalue weighted by molar-refractivity contribution is -0.133. The van der Waals surface area contributed by atoms with Crippen LogP contribution in [0.3, 0.4) is 0 Å². The van der Waals surface area contributed by atoms with Gasteiger partial charge >= 0.3 is 0 Å². The van der Waals surface area contributed by atoms with E-state index in [4.69, 9.17) is 4.74 Å². The fourth-order valence-electron chi connectivity index (χ4n) is 2.77. The van der Waals surface area contributed by atoms with Crippen LogP contribution in [-0.2, 0) is 14.6 Å². The van der Waals surface area contributed by atoms with Gasteiger partial charge in [0.05, 0.1) is 9.79 Å². The van der Waals surface area contributed by atoms with Crippen molar-refractivity contribution in [2.75, 3.05) is 19.7 Å². The van der Waals surface area contributed by atoms with Crippen molar-refractivity contribution >= 4 is 15.7 Å². The number of sulfone groups is 1. The van der Waals surface area contributed by atoms with Gasteiger partial charge in [0.15, 0.2) is 6.61 Å². The topological polar surface area (TPSA) is 83.9 Å². The normalized spacial score (nSPS) is 11.2. The standard InChI is InChI=1S/C22H29NO5S/c1-3-5-15-23(16-6-4-2)22(25)17-28-19-9-13-21(14-10-19)29(26,27)20-11-7-18(24)8-12-20/h7-14,24H,3-6,15-17H2,1-2H3. The molecule has 0 atom stereocenters.